The molecular weight excluding hydrogens is 328 g/mol. The molecule has 1 amide bonds. The van der Waals surface area contributed by atoms with E-state index < -0.39 is 11.0 Å². The monoisotopic (exact) mass is 358 g/mol. The fourth-order valence-electron chi connectivity index (χ4n) is 3.21. The zero-order valence-corrected chi connectivity index (χ0v) is 16.5. The van der Waals surface area contributed by atoms with E-state index in [0.717, 1.165) is 5.56 Å². The first-order chi connectivity index (χ1) is 12.1. The number of piperidine rings is 1. The van der Waals surface area contributed by atoms with Crippen LogP contribution in [0.5, 0.6) is 0 Å². The summed E-state index contributed by atoms with van der Waals surface area (Å²) in [7, 11) is 3.79. The average molecular weight is 358 g/mol. The first-order valence-electron chi connectivity index (χ1n) is 9.06. The highest BCUT2D eigenvalue weighted by molar-refractivity contribution is 5.99. The zero-order valence-electron chi connectivity index (χ0n) is 16.5. The third kappa shape index (κ3) is 4.87. The van der Waals surface area contributed by atoms with Crippen LogP contribution in [0.25, 0.3) is 0 Å². The van der Waals surface area contributed by atoms with Gasteiger partial charge in [-0.15, -0.1) is 0 Å². The summed E-state index contributed by atoms with van der Waals surface area (Å²) in [4.78, 5) is 29.0. The van der Waals surface area contributed by atoms with Crippen LogP contribution in [0.1, 0.15) is 39.2 Å². The van der Waals surface area contributed by atoms with Gasteiger partial charge >= 0.3 is 6.09 Å². The van der Waals surface area contributed by atoms with Crippen molar-refractivity contribution in [3.63, 3.8) is 0 Å². The van der Waals surface area contributed by atoms with Gasteiger partial charge in [0.05, 0.1) is 5.41 Å². The minimum Gasteiger partial charge on any atom is -0.444 e. The number of hydrogen-bond donors (Lipinski definition) is 0. The SMILES string of the molecule is CN(C)C=CC(=O)C1(c2ccccc2)CCN(C(=O)OC(C)(C)C)CC1. The lowest BCUT2D eigenvalue weighted by molar-refractivity contribution is -0.121. The van der Waals surface area contributed by atoms with Crippen LogP contribution in [0.4, 0.5) is 4.79 Å². The van der Waals surface area contributed by atoms with Gasteiger partial charge in [0.2, 0.25) is 0 Å². The van der Waals surface area contributed by atoms with Gasteiger partial charge in [0.15, 0.2) is 5.78 Å². The van der Waals surface area contributed by atoms with Crippen molar-refractivity contribution in [2.45, 2.75) is 44.6 Å². The lowest BCUT2D eigenvalue weighted by Gasteiger charge is -2.41. The molecule has 1 saturated heterocycles. The molecule has 142 valence electrons. The molecule has 1 heterocycles. The molecule has 2 rings (SSSR count). The number of carbonyl (C=O) groups is 2. The Morgan fingerprint density at radius 2 is 1.69 bits per heavy atom. The van der Waals surface area contributed by atoms with E-state index in [1.807, 2.05) is 70.1 Å². The standard InChI is InChI=1S/C21H30N2O3/c1-20(2,3)26-19(25)23-15-12-21(13-16-23,17-9-7-6-8-10-17)18(24)11-14-22(4)5/h6-11,14H,12-13,15-16H2,1-5H3. The van der Waals surface area contributed by atoms with Crippen molar-refractivity contribution in [2.75, 3.05) is 27.2 Å². The van der Waals surface area contributed by atoms with Crippen molar-refractivity contribution in [2.24, 2.45) is 0 Å². The maximum Gasteiger partial charge on any atom is 0.410 e. The van der Waals surface area contributed by atoms with E-state index in [0.29, 0.717) is 25.9 Å². The predicted molar refractivity (Wildman–Crippen MR) is 103 cm³/mol. The molecular formula is C21H30N2O3. The molecule has 0 bridgehead atoms. The van der Waals surface area contributed by atoms with Gasteiger partial charge in [-0.25, -0.2) is 4.79 Å². The predicted octanol–water partition coefficient (Wildman–Crippen LogP) is 3.60. The molecule has 0 spiro atoms. The highest BCUT2D eigenvalue weighted by Crippen LogP contribution is 2.37. The van der Waals surface area contributed by atoms with E-state index in [1.165, 1.54) is 0 Å². The molecule has 0 saturated carbocycles. The number of hydrogen-bond acceptors (Lipinski definition) is 4. The summed E-state index contributed by atoms with van der Waals surface area (Å²) in [5, 5.41) is 0. The van der Waals surface area contributed by atoms with Crippen molar-refractivity contribution >= 4 is 11.9 Å². The Morgan fingerprint density at radius 1 is 1.12 bits per heavy atom. The Hall–Kier alpha value is -2.30. The van der Waals surface area contributed by atoms with Gasteiger partial charge in [-0.3, -0.25) is 4.79 Å². The first kappa shape index (κ1) is 20.0. The summed E-state index contributed by atoms with van der Waals surface area (Å²) in [5.74, 6) is 0.0845. The normalized spacial score (nSPS) is 17.2. The summed E-state index contributed by atoms with van der Waals surface area (Å²) < 4.78 is 5.47. The Labute approximate surface area is 156 Å². The van der Waals surface area contributed by atoms with E-state index in [9.17, 15) is 9.59 Å². The molecule has 1 aromatic carbocycles. The average Bonchev–Trinajstić information content (AvgIpc) is 2.59. The van der Waals surface area contributed by atoms with Crippen molar-refractivity contribution in [1.29, 1.82) is 0 Å². The van der Waals surface area contributed by atoms with Crippen LogP contribution in [0.3, 0.4) is 0 Å². The second-order valence-corrected chi connectivity index (χ2v) is 8.06. The third-order valence-corrected chi connectivity index (χ3v) is 4.59. The van der Waals surface area contributed by atoms with E-state index in [2.05, 4.69) is 0 Å². The maximum absolute atomic E-state index is 13.1. The zero-order chi connectivity index (χ0) is 19.4. The number of rotatable bonds is 4. The molecule has 1 aliphatic heterocycles. The minimum absolute atomic E-state index is 0.0845. The number of ketones is 1. The molecule has 0 atom stereocenters. The molecule has 26 heavy (non-hydrogen) atoms. The van der Waals surface area contributed by atoms with Gasteiger partial charge < -0.3 is 14.5 Å². The fourth-order valence-corrected chi connectivity index (χ4v) is 3.21. The summed E-state index contributed by atoms with van der Waals surface area (Å²) in [6, 6.07) is 9.88. The summed E-state index contributed by atoms with van der Waals surface area (Å²) in [5.41, 5.74) is -0.0982. The molecule has 1 fully saturated rings. The largest absolute Gasteiger partial charge is 0.444 e. The smallest absolute Gasteiger partial charge is 0.410 e. The van der Waals surface area contributed by atoms with Crippen molar-refractivity contribution in [3.8, 4) is 0 Å². The Kier molecular flexibility index (Phi) is 6.11. The van der Waals surface area contributed by atoms with E-state index >= 15 is 0 Å². The van der Waals surface area contributed by atoms with Crippen LogP contribution in [-0.2, 0) is 14.9 Å². The van der Waals surface area contributed by atoms with Crippen LogP contribution < -0.4 is 0 Å². The number of likely N-dealkylation sites (tertiary alicyclic amines) is 1. The number of benzene rings is 1. The third-order valence-electron chi connectivity index (χ3n) is 4.59. The minimum atomic E-state index is -0.591. The summed E-state index contributed by atoms with van der Waals surface area (Å²) in [6.07, 6.45) is 4.30. The molecule has 1 aliphatic rings. The lowest BCUT2D eigenvalue weighted by atomic mass is 9.69. The molecule has 5 nitrogen and oxygen atoms in total. The lowest BCUT2D eigenvalue weighted by Crippen LogP contribution is -2.49. The van der Waals surface area contributed by atoms with Gasteiger partial charge in [0.1, 0.15) is 5.60 Å². The molecule has 1 aromatic rings. The quantitative estimate of drug-likeness (QED) is 0.772. The Bertz CT molecular complexity index is 652. The van der Waals surface area contributed by atoms with Crippen molar-refractivity contribution in [1.82, 2.24) is 9.80 Å². The van der Waals surface area contributed by atoms with Gasteiger partial charge in [0, 0.05) is 33.4 Å². The second-order valence-electron chi connectivity index (χ2n) is 8.06. The number of nitrogens with zero attached hydrogens (tertiary/aromatic N) is 2. The number of allylic oxidation sites excluding steroid dienone is 1. The van der Waals surface area contributed by atoms with Crippen LogP contribution in [0.15, 0.2) is 42.6 Å². The molecule has 0 aromatic heterocycles. The van der Waals surface area contributed by atoms with Gasteiger partial charge in [-0.1, -0.05) is 30.3 Å². The highest BCUT2D eigenvalue weighted by Gasteiger charge is 2.42. The van der Waals surface area contributed by atoms with Crippen molar-refractivity contribution < 1.29 is 14.3 Å². The first-order valence-corrected chi connectivity index (χ1v) is 9.06. The van der Waals surface area contributed by atoms with E-state index in [-0.39, 0.29) is 11.9 Å². The van der Waals surface area contributed by atoms with Gasteiger partial charge in [-0.05, 0) is 45.3 Å². The molecule has 0 radical (unpaired) electrons. The van der Waals surface area contributed by atoms with Gasteiger partial charge in [0.25, 0.3) is 0 Å². The number of amides is 1. The van der Waals surface area contributed by atoms with Gasteiger partial charge in [-0.2, -0.15) is 0 Å². The molecule has 0 aliphatic carbocycles. The fraction of sp³-hybridized carbons (Fsp3) is 0.524. The van der Waals surface area contributed by atoms with Crippen LogP contribution in [0, 0.1) is 0 Å². The number of ether oxygens (including phenoxy) is 1. The Morgan fingerprint density at radius 3 is 2.19 bits per heavy atom. The molecule has 0 N–H and O–H groups in total. The van der Waals surface area contributed by atoms with Crippen molar-refractivity contribution in [3.05, 3.63) is 48.2 Å². The van der Waals surface area contributed by atoms with E-state index in [1.54, 1.807) is 17.2 Å². The van der Waals surface area contributed by atoms with Crippen LogP contribution in [0.2, 0.25) is 0 Å². The summed E-state index contributed by atoms with van der Waals surface area (Å²) in [6.45, 7) is 6.59. The summed E-state index contributed by atoms with van der Waals surface area (Å²) >= 11 is 0. The number of carbonyl (C=O) groups excluding carboxylic acids is 2. The van der Waals surface area contributed by atoms with Crippen LogP contribution in [-0.4, -0.2) is 54.5 Å². The molecule has 5 heteroatoms. The second kappa shape index (κ2) is 7.94. The van der Waals surface area contributed by atoms with E-state index in [4.69, 9.17) is 4.74 Å². The maximum atomic E-state index is 13.1. The highest BCUT2D eigenvalue weighted by atomic mass is 16.6. The Balaban J connectivity index is 2.21. The molecule has 0 unspecified atom stereocenters. The van der Waals surface area contributed by atoms with Crippen LogP contribution >= 0.6 is 0 Å². The topological polar surface area (TPSA) is 49.9 Å².